The monoisotopic (exact) mass is 241 g/mol. The number of carbonyl (C=O) groups is 1. The SMILES string of the molecule is CCCCN1CCN(C(=O)[C@@H](N)C(C)C)CC1. The molecule has 1 aliphatic rings. The molecule has 1 atom stereocenters. The van der Waals surface area contributed by atoms with Crippen LogP contribution in [-0.4, -0.2) is 54.5 Å². The topological polar surface area (TPSA) is 49.6 Å². The lowest BCUT2D eigenvalue weighted by Crippen LogP contribution is -2.54. The highest BCUT2D eigenvalue weighted by molar-refractivity contribution is 5.82. The molecule has 0 aromatic carbocycles. The van der Waals surface area contributed by atoms with E-state index in [4.69, 9.17) is 5.73 Å². The van der Waals surface area contributed by atoms with Crippen LogP contribution in [0.25, 0.3) is 0 Å². The predicted molar refractivity (Wildman–Crippen MR) is 70.7 cm³/mol. The fourth-order valence-electron chi connectivity index (χ4n) is 2.07. The second kappa shape index (κ2) is 6.97. The Morgan fingerprint density at radius 1 is 1.24 bits per heavy atom. The smallest absolute Gasteiger partial charge is 0.239 e. The van der Waals surface area contributed by atoms with Crippen LogP contribution in [0.5, 0.6) is 0 Å². The molecule has 1 rings (SSSR count). The zero-order valence-electron chi connectivity index (χ0n) is 11.5. The Kier molecular flexibility index (Phi) is 5.92. The highest BCUT2D eigenvalue weighted by atomic mass is 16.2. The van der Waals surface area contributed by atoms with E-state index < -0.39 is 0 Å². The summed E-state index contributed by atoms with van der Waals surface area (Å²) in [4.78, 5) is 16.4. The van der Waals surface area contributed by atoms with Crippen molar-refractivity contribution in [2.24, 2.45) is 11.7 Å². The Morgan fingerprint density at radius 3 is 2.29 bits per heavy atom. The molecule has 1 amide bonds. The lowest BCUT2D eigenvalue weighted by atomic mass is 10.0. The van der Waals surface area contributed by atoms with Crippen LogP contribution in [0.4, 0.5) is 0 Å². The Hall–Kier alpha value is -0.610. The van der Waals surface area contributed by atoms with E-state index >= 15 is 0 Å². The molecule has 0 aromatic heterocycles. The summed E-state index contributed by atoms with van der Waals surface area (Å²) in [6, 6.07) is -0.336. The van der Waals surface area contributed by atoms with E-state index in [-0.39, 0.29) is 17.9 Å². The van der Waals surface area contributed by atoms with Gasteiger partial charge < -0.3 is 10.6 Å². The summed E-state index contributed by atoms with van der Waals surface area (Å²) in [5.41, 5.74) is 5.90. The number of carbonyl (C=O) groups excluding carboxylic acids is 1. The van der Waals surface area contributed by atoms with Crippen LogP contribution in [-0.2, 0) is 4.79 Å². The molecule has 4 nitrogen and oxygen atoms in total. The highest BCUT2D eigenvalue weighted by Crippen LogP contribution is 2.08. The second-order valence-electron chi connectivity index (χ2n) is 5.29. The third kappa shape index (κ3) is 4.28. The summed E-state index contributed by atoms with van der Waals surface area (Å²) >= 11 is 0. The zero-order chi connectivity index (χ0) is 12.8. The van der Waals surface area contributed by atoms with Crippen LogP contribution < -0.4 is 5.73 Å². The van der Waals surface area contributed by atoms with Crippen molar-refractivity contribution in [2.75, 3.05) is 32.7 Å². The average Bonchev–Trinajstić information content (AvgIpc) is 2.35. The number of unbranched alkanes of at least 4 members (excludes halogenated alkanes) is 1. The molecule has 2 N–H and O–H groups in total. The predicted octanol–water partition coefficient (Wildman–Crippen LogP) is 0.914. The first-order valence-electron chi connectivity index (χ1n) is 6.83. The van der Waals surface area contributed by atoms with Gasteiger partial charge in [-0.05, 0) is 18.9 Å². The molecular weight excluding hydrogens is 214 g/mol. The summed E-state index contributed by atoms with van der Waals surface area (Å²) in [5, 5.41) is 0. The molecule has 1 fully saturated rings. The minimum atomic E-state index is -0.336. The summed E-state index contributed by atoms with van der Waals surface area (Å²) in [7, 11) is 0. The van der Waals surface area contributed by atoms with E-state index in [1.807, 2.05) is 18.7 Å². The maximum Gasteiger partial charge on any atom is 0.239 e. The number of piperazine rings is 1. The van der Waals surface area contributed by atoms with Crippen molar-refractivity contribution in [3.63, 3.8) is 0 Å². The standard InChI is InChI=1S/C13H27N3O/c1-4-5-6-15-7-9-16(10-8-15)13(17)12(14)11(2)3/h11-12H,4-10,14H2,1-3H3/t12-/m0/s1. The molecule has 0 bridgehead atoms. The van der Waals surface area contributed by atoms with Crippen LogP contribution in [0.1, 0.15) is 33.6 Å². The van der Waals surface area contributed by atoms with Gasteiger partial charge in [0.1, 0.15) is 0 Å². The van der Waals surface area contributed by atoms with Gasteiger partial charge >= 0.3 is 0 Å². The first-order chi connectivity index (χ1) is 8.06. The Labute approximate surface area is 105 Å². The molecule has 0 radical (unpaired) electrons. The van der Waals surface area contributed by atoms with Gasteiger partial charge in [0.05, 0.1) is 6.04 Å². The van der Waals surface area contributed by atoms with Crippen LogP contribution in [0.15, 0.2) is 0 Å². The first kappa shape index (κ1) is 14.5. The van der Waals surface area contributed by atoms with Crippen molar-refractivity contribution in [1.29, 1.82) is 0 Å². The van der Waals surface area contributed by atoms with Crippen molar-refractivity contribution < 1.29 is 4.79 Å². The fourth-order valence-corrected chi connectivity index (χ4v) is 2.07. The van der Waals surface area contributed by atoms with Crippen molar-refractivity contribution in [1.82, 2.24) is 9.80 Å². The number of rotatable bonds is 5. The molecule has 0 unspecified atom stereocenters. The average molecular weight is 241 g/mol. The highest BCUT2D eigenvalue weighted by Gasteiger charge is 2.26. The van der Waals surface area contributed by atoms with Gasteiger partial charge in [0.2, 0.25) is 5.91 Å². The molecule has 0 spiro atoms. The number of nitrogens with two attached hydrogens (primary N) is 1. The van der Waals surface area contributed by atoms with Gasteiger partial charge in [0.25, 0.3) is 0 Å². The van der Waals surface area contributed by atoms with Gasteiger partial charge in [0.15, 0.2) is 0 Å². The molecule has 0 aromatic rings. The number of nitrogens with zero attached hydrogens (tertiary/aromatic N) is 2. The maximum atomic E-state index is 12.0. The van der Waals surface area contributed by atoms with Crippen LogP contribution in [0.2, 0.25) is 0 Å². The Bertz CT molecular complexity index is 235. The minimum Gasteiger partial charge on any atom is -0.339 e. The van der Waals surface area contributed by atoms with Crippen LogP contribution in [0.3, 0.4) is 0 Å². The van der Waals surface area contributed by atoms with E-state index in [1.165, 1.54) is 12.8 Å². The van der Waals surface area contributed by atoms with Gasteiger partial charge in [-0.2, -0.15) is 0 Å². The van der Waals surface area contributed by atoms with Crippen LogP contribution in [0, 0.1) is 5.92 Å². The van der Waals surface area contributed by atoms with E-state index in [0.717, 1.165) is 32.7 Å². The van der Waals surface area contributed by atoms with Gasteiger partial charge in [-0.25, -0.2) is 0 Å². The molecule has 100 valence electrons. The quantitative estimate of drug-likeness (QED) is 0.778. The lowest BCUT2D eigenvalue weighted by molar-refractivity contribution is -0.135. The van der Waals surface area contributed by atoms with Crippen molar-refractivity contribution in [2.45, 2.75) is 39.7 Å². The lowest BCUT2D eigenvalue weighted by Gasteiger charge is -2.36. The zero-order valence-corrected chi connectivity index (χ0v) is 11.5. The number of amides is 1. The molecule has 4 heteroatoms. The van der Waals surface area contributed by atoms with Crippen molar-refractivity contribution in [3.05, 3.63) is 0 Å². The third-order valence-electron chi connectivity index (χ3n) is 3.52. The summed E-state index contributed by atoms with van der Waals surface area (Å²) in [5.74, 6) is 0.343. The van der Waals surface area contributed by atoms with Crippen LogP contribution >= 0.6 is 0 Å². The van der Waals surface area contributed by atoms with E-state index in [1.54, 1.807) is 0 Å². The Balaban J connectivity index is 2.33. The third-order valence-corrected chi connectivity index (χ3v) is 3.52. The van der Waals surface area contributed by atoms with Gasteiger partial charge in [0, 0.05) is 26.2 Å². The van der Waals surface area contributed by atoms with Gasteiger partial charge in [-0.1, -0.05) is 27.2 Å². The molecular formula is C13H27N3O. The van der Waals surface area contributed by atoms with Gasteiger partial charge in [-0.3, -0.25) is 9.69 Å². The summed E-state index contributed by atoms with van der Waals surface area (Å²) in [6.07, 6.45) is 2.48. The van der Waals surface area contributed by atoms with Crippen molar-refractivity contribution in [3.8, 4) is 0 Å². The molecule has 0 aliphatic carbocycles. The van der Waals surface area contributed by atoms with E-state index in [0.29, 0.717) is 0 Å². The first-order valence-corrected chi connectivity index (χ1v) is 6.83. The molecule has 1 aliphatic heterocycles. The van der Waals surface area contributed by atoms with E-state index in [9.17, 15) is 4.79 Å². The normalized spacial score (nSPS) is 19.7. The molecule has 1 heterocycles. The largest absolute Gasteiger partial charge is 0.339 e. The summed E-state index contributed by atoms with van der Waals surface area (Å²) < 4.78 is 0. The molecule has 1 saturated heterocycles. The number of hydrogen-bond donors (Lipinski definition) is 1. The minimum absolute atomic E-state index is 0.121. The maximum absolute atomic E-state index is 12.0. The van der Waals surface area contributed by atoms with Crippen molar-refractivity contribution >= 4 is 5.91 Å². The Morgan fingerprint density at radius 2 is 1.82 bits per heavy atom. The molecule has 0 saturated carbocycles. The van der Waals surface area contributed by atoms with E-state index in [2.05, 4.69) is 11.8 Å². The van der Waals surface area contributed by atoms with Gasteiger partial charge in [-0.15, -0.1) is 0 Å². The fraction of sp³-hybridized carbons (Fsp3) is 0.923. The second-order valence-corrected chi connectivity index (χ2v) is 5.29. The number of hydrogen-bond acceptors (Lipinski definition) is 3. The molecule has 17 heavy (non-hydrogen) atoms. The summed E-state index contributed by atoms with van der Waals surface area (Å²) in [6.45, 7) is 11.0.